The average molecular weight is 362 g/mol. The first-order valence-electron chi connectivity index (χ1n) is 9.17. The number of hydrogen-bond acceptors (Lipinski definition) is 3. The zero-order valence-electron chi connectivity index (χ0n) is 16.3. The van der Waals surface area contributed by atoms with E-state index in [1.807, 2.05) is 36.4 Å². The van der Waals surface area contributed by atoms with Crippen molar-refractivity contribution in [2.24, 2.45) is 5.10 Å². The Kier molecular flexibility index (Phi) is 5.31. The van der Waals surface area contributed by atoms with Crippen LogP contribution in [0.15, 0.2) is 59.7 Å². The highest BCUT2D eigenvalue weighted by Crippen LogP contribution is 2.38. The molecule has 0 saturated heterocycles. The number of benzene rings is 2. The molecule has 0 saturated carbocycles. The largest absolute Gasteiger partial charge is 0.363 e. The van der Waals surface area contributed by atoms with Crippen molar-refractivity contribution in [2.45, 2.75) is 33.2 Å². The van der Waals surface area contributed by atoms with Crippen LogP contribution in [0.3, 0.4) is 0 Å². The molecule has 5 heteroatoms. The molecule has 2 aromatic carbocycles. The number of urea groups is 1. The molecule has 2 amide bonds. The van der Waals surface area contributed by atoms with Crippen molar-refractivity contribution in [1.29, 1.82) is 0 Å². The summed E-state index contributed by atoms with van der Waals surface area (Å²) in [5.74, 6) is 0. The van der Waals surface area contributed by atoms with Gasteiger partial charge < -0.3 is 10.2 Å². The lowest BCUT2D eigenvalue weighted by Gasteiger charge is -2.42. The van der Waals surface area contributed by atoms with E-state index in [2.05, 4.69) is 66.6 Å². The fraction of sp³-hybridized carbons (Fsp3) is 0.273. The number of nitrogens with one attached hydrogen (secondary N) is 2. The highest BCUT2D eigenvalue weighted by atomic mass is 16.2. The zero-order chi connectivity index (χ0) is 19.4. The molecule has 2 aromatic rings. The predicted molar refractivity (Wildman–Crippen MR) is 113 cm³/mol. The number of nitrogens with zero attached hydrogens (tertiary/aromatic N) is 2. The molecule has 0 aliphatic carbocycles. The number of likely N-dealkylation sites (N-methyl/N-ethyl adjacent to an activating group) is 1. The zero-order valence-corrected chi connectivity index (χ0v) is 16.3. The van der Waals surface area contributed by atoms with Gasteiger partial charge in [-0.15, -0.1) is 0 Å². The number of allylic oxidation sites excluding steroid dienone is 1. The molecule has 1 aliphatic rings. The molecular formula is C22H26N4O. The smallest absolute Gasteiger partial charge is 0.339 e. The summed E-state index contributed by atoms with van der Waals surface area (Å²) in [6.07, 6.45) is 3.96. The highest BCUT2D eigenvalue weighted by molar-refractivity contribution is 5.91. The van der Waals surface area contributed by atoms with Gasteiger partial charge in [0.05, 0.1) is 11.8 Å². The van der Waals surface area contributed by atoms with Crippen molar-refractivity contribution in [3.8, 4) is 0 Å². The number of anilines is 2. The van der Waals surface area contributed by atoms with Crippen molar-refractivity contribution < 1.29 is 4.79 Å². The van der Waals surface area contributed by atoms with E-state index in [1.54, 1.807) is 6.21 Å². The molecule has 0 unspecified atom stereocenters. The summed E-state index contributed by atoms with van der Waals surface area (Å²) in [6, 6.07) is 15.2. The third kappa shape index (κ3) is 4.19. The molecule has 3 rings (SSSR count). The number of hydrazone groups is 1. The Balaban J connectivity index is 1.71. The number of para-hydroxylation sites is 1. The van der Waals surface area contributed by atoms with Crippen LogP contribution >= 0.6 is 0 Å². The van der Waals surface area contributed by atoms with E-state index in [0.717, 1.165) is 17.8 Å². The minimum atomic E-state index is -0.370. The van der Waals surface area contributed by atoms with Crippen molar-refractivity contribution in [3.05, 3.63) is 65.7 Å². The first-order chi connectivity index (χ1) is 12.9. The molecule has 0 radical (unpaired) electrons. The summed E-state index contributed by atoms with van der Waals surface area (Å²) in [6.45, 7) is 9.71. The second kappa shape index (κ2) is 7.66. The molecule has 2 N–H and O–H groups in total. The van der Waals surface area contributed by atoms with E-state index >= 15 is 0 Å². The quantitative estimate of drug-likeness (QED) is 0.602. The lowest BCUT2D eigenvalue weighted by Crippen LogP contribution is -2.44. The highest BCUT2D eigenvalue weighted by Gasteiger charge is 2.29. The molecule has 27 heavy (non-hydrogen) atoms. The molecule has 5 nitrogen and oxygen atoms in total. The van der Waals surface area contributed by atoms with Crippen molar-refractivity contribution in [1.82, 2.24) is 5.43 Å². The number of hydrogen-bond donors (Lipinski definition) is 2. The molecule has 0 fully saturated rings. The van der Waals surface area contributed by atoms with E-state index < -0.39 is 0 Å². The number of amides is 2. The fourth-order valence-corrected chi connectivity index (χ4v) is 3.60. The molecule has 0 aromatic heterocycles. The number of fused-ring (bicyclic) bond motifs is 1. The monoisotopic (exact) mass is 362 g/mol. The van der Waals surface area contributed by atoms with Crippen molar-refractivity contribution in [2.75, 3.05) is 16.8 Å². The van der Waals surface area contributed by atoms with Crippen LogP contribution in [0.4, 0.5) is 16.2 Å². The maximum atomic E-state index is 11.9. The Morgan fingerprint density at radius 1 is 1.19 bits per heavy atom. The van der Waals surface area contributed by atoms with Gasteiger partial charge in [-0.2, -0.15) is 5.10 Å². The van der Waals surface area contributed by atoms with Crippen molar-refractivity contribution in [3.63, 3.8) is 0 Å². The average Bonchev–Trinajstić information content (AvgIpc) is 2.62. The summed E-state index contributed by atoms with van der Waals surface area (Å²) >= 11 is 0. The SMILES string of the molecule is CCN1c2ccc(/C=N\NC(=O)Nc3ccccc3)cc2C(C)=CC1(C)C. The van der Waals surface area contributed by atoms with Crippen LogP contribution in [0.25, 0.3) is 5.57 Å². The maximum absolute atomic E-state index is 11.9. The number of carbonyl (C=O) groups is 1. The third-order valence-corrected chi connectivity index (χ3v) is 4.73. The van der Waals surface area contributed by atoms with Crippen LogP contribution in [0.2, 0.25) is 0 Å². The molecular weight excluding hydrogens is 336 g/mol. The Hall–Kier alpha value is -3.08. The molecule has 1 aliphatic heterocycles. The minimum Gasteiger partial charge on any atom is -0.363 e. The van der Waals surface area contributed by atoms with Crippen LogP contribution in [-0.4, -0.2) is 24.3 Å². The Labute approximate surface area is 160 Å². The predicted octanol–water partition coefficient (Wildman–Crippen LogP) is 4.86. The van der Waals surface area contributed by atoms with Crippen LogP contribution in [-0.2, 0) is 0 Å². The first kappa shape index (κ1) is 18.7. The third-order valence-electron chi connectivity index (χ3n) is 4.73. The second-order valence-electron chi connectivity index (χ2n) is 7.19. The van der Waals surface area contributed by atoms with E-state index in [0.29, 0.717) is 0 Å². The summed E-state index contributed by atoms with van der Waals surface area (Å²) in [5.41, 5.74) is 7.85. The molecule has 1 heterocycles. The summed E-state index contributed by atoms with van der Waals surface area (Å²) in [4.78, 5) is 14.3. The Bertz CT molecular complexity index is 884. The van der Waals surface area contributed by atoms with Gasteiger partial charge in [-0.25, -0.2) is 10.2 Å². The molecule has 0 spiro atoms. The maximum Gasteiger partial charge on any atom is 0.339 e. The molecule has 0 bridgehead atoms. The Morgan fingerprint density at radius 3 is 2.63 bits per heavy atom. The van der Waals surface area contributed by atoms with Gasteiger partial charge in [0.25, 0.3) is 0 Å². The lowest BCUT2D eigenvalue weighted by molar-refractivity contribution is 0.252. The van der Waals surface area contributed by atoms with E-state index in [-0.39, 0.29) is 11.6 Å². The first-order valence-corrected chi connectivity index (χ1v) is 9.17. The second-order valence-corrected chi connectivity index (χ2v) is 7.19. The van der Waals surface area contributed by atoms with Gasteiger partial charge in [0, 0.05) is 23.5 Å². The van der Waals surface area contributed by atoms with Crippen LogP contribution in [0.1, 0.15) is 38.8 Å². The molecule has 0 atom stereocenters. The summed E-state index contributed by atoms with van der Waals surface area (Å²) in [5, 5.41) is 6.79. The van der Waals surface area contributed by atoms with E-state index in [1.165, 1.54) is 16.8 Å². The van der Waals surface area contributed by atoms with Gasteiger partial charge in [0.2, 0.25) is 0 Å². The van der Waals surface area contributed by atoms with Crippen molar-refractivity contribution >= 4 is 29.2 Å². The lowest BCUT2D eigenvalue weighted by atomic mass is 9.88. The van der Waals surface area contributed by atoms with Gasteiger partial charge in [0.15, 0.2) is 0 Å². The minimum absolute atomic E-state index is 0.00147. The van der Waals surface area contributed by atoms with Gasteiger partial charge in [-0.1, -0.05) is 30.3 Å². The van der Waals surface area contributed by atoms with Gasteiger partial charge in [-0.3, -0.25) is 0 Å². The summed E-state index contributed by atoms with van der Waals surface area (Å²) in [7, 11) is 0. The number of carbonyl (C=O) groups excluding carboxylic acids is 1. The van der Waals surface area contributed by atoms with E-state index in [9.17, 15) is 4.79 Å². The topological polar surface area (TPSA) is 56.7 Å². The standard InChI is InChI=1S/C22H26N4O/c1-5-26-20-12-11-17(13-19(20)16(2)14-22(26,3)4)15-23-25-21(27)24-18-9-7-6-8-10-18/h6-15H,5H2,1-4H3,(H2,24,25,27)/b23-15-. The fourth-order valence-electron chi connectivity index (χ4n) is 3.60. The van der Waals surface area contributed by atoms with Crippen LogP contribution in [0.5, 0.6) is 0 Å². The van der Waals surface area contributed by atoms with Crippen LogP contribution < -0.4 is 15.6 Å². The molecule has 140 valence electrons. The summed E-state index contributed by atoms with van der Waals surface area (Å²) < 4.78 is 0. The number of rotatable bonds is 4. The van der Waals surface area contributed by atoms with E-state index in [4.69, 9.17) is 0 Å². The van der Waals surface area contributed by atoms with Gasteiger partial charge >= 0.3 is 6.03 Å². The van der Waals surface area contributed by atoms with Crippen LogP contribution in [0, 0.1) is 0 Å². The van der Waals surface area contributed by atoms with Gasteiger partial charge in [0.1, 0.15) is 0 Å². The normalized spacial score (nSPS) is 15.3. The Morgan fingerprint density at radius 2 is 1.93 bits per heavy atom. The van der Waals surface area contributed by atoms with Gasteiger partial charge in [-0.05, 0) is 63.1 Å².